The second-order valence-corrected chi connectivity index (χ2v) is 7.50. The van der Waals surface area contributed by atoms with E-state index < -0.39 is 5.91 Å². The number of benzene rings is 1. The fraction of sp³-hybridized carbons (Fsp3) is 0.158. The van der Waals surface area contributed by atoms with Crippen molar-refractivity contribution in [2.24, 2.45) is 0 Å². The topological polar surface area (TPSA) is 114 Å². The number of nitrogens with one attached hydrogen (secondary N) is 2. The quantitative estimate of drug-likeness (QED) is 0.542. The summed E-state index contributed by atoms with van der Waals surface area (Å²) in [6, 6.07) is 7.60. The first kappa shape index (κ1) is 17.4. The molecule has 4 aromatic rings. The Kier molecular flexibility index (Phi) is 4.06. The molecule has 2 N–H and O–H groups in total. The Morgan fingerprint density at radius 1 is 1.24 bits per heavy atom. The van der Waals surface area contributed by atoms with Crippen molar-refractivity contribution in [2.75, 3.05) is 10.6 Å². The smallest absolute Gasteiger partial charge is 0.297 e. The average molecular weight is 405 g/mol. The lowest BCUT2D eigenvalue weighted by Gasteiger charge is -2.17. The second-order valence-electron chi connectivity index (χ2n) is 6.65. The molecule has 3 aromatic heterocycles. The van der Waals surface area contributed by atoms with Crippen LogP contribution in [-0.2, 0) is 11.2 Å². The maximum Gasteiger partial charge on any atom is 0.297 e. The van der Waals surface area contributed by atoms with Gasteiger partial charge in [0.2, 0.25) is 11.7 Å². The van der Waals surface area contributed by atoms with E-state index in [-0.39, 0.29) is 11.7 Å². The number of carbonyl (C=O) groups is 2. The van der Waals surface area contributed by atoms with Crippen molar-refractivity contribution in [1.82, 2.24) is 24.6 Å². The van der Waals surface area contributed by atoms with E-state index in [1.54, 1.807) is 12.3 Å². The van der Waals surface area contributed by atoms with Crippen LogP contribution in [0.1, 0.15) is 28.3 Å². The number of nitrogens with zero attached hydrogens (tertiary/aromatic N) is 5. The summed E-state index contributed by atoms with van der Waals surface area (Å²) in [5, 5.41) is 12.1. The normalized spacial score (nSPS) is 13.2. The Morgan fingerprint density at radius 3 is 3.00 bits per heavy atom. The minimum atomic E-state index is -0.441. The van der Waals surface area contributed by atoms with E-state index in [1.165, 1.54) is 15.9 Å². The third-order valence-corrected chi connectivity index (χ3v) is 5.41. The van der Waals surface area contributed by atoms with E-state index in [2.05, 4.69) is 30.7 Å². The van der Waals surface area contributed by atoms with Crippen LogP contribution in [-0.4, -0.2) is 36.4 Å². The molecule has 0 radical (unpaired) electrons. The third-order valence-electron chi connectivity index (χ3n) is 4.65. The zero-order valence-corrected chi connectivity index (χ0v) is 16.2. The SMILES string of the molecule is Cc1ccnc2nc(C(=O)Nc3nc(-c4ccc5c(c4)CCC(=O)N5)cs3)nn12. The van der Waals surface area contributed by atoms with Crippen molar-refractivity contribution >= 4 is 39.7 Å². The summed E-state index contributed by atoms with van der Waals surface area (Å²) < 4.78 is 1.52. The fourth-order valence-electron chi connectivity index (χ4n) is 3.16. The summed E-state index contributed by atoms with van der Waals surface area (Å²) in [4.78, 5) is 36.8. The number of fused-ring (bicyclic) bond motifs is 2. The molecule has 0 saturated heterocycles. The number of amides is 2. The van der Waals surface area contributed by atoms with Gasteiger partial charge in [-0.2, -0.15) is 4.98 Å². The molecule has 4 heterocycles. The highest BCUT2D eigenvalue weighted by atomic mass is 32.1. The molecule has 0 spiro atoms. The van der Waals surface area contributed by atoms with Gasteiger partial charge in [0, 0.05) is 34.9 Å². The zero-order valence-electron chi connectivity index (χ0n) is 15.3. The highest BCUT2D eigenvalue weighted by Gasteiger charge is 2.18. The van der Waals surface area contributed by atoms with Crippen LogP contribution in [0.25, 0.3) is 17.0 Å². The summed E-state index contributed by atoms with van der Waals surface area (Å²) >= 11 is 1.32. The summed E-state index contributed by atoms with van der Waals surface area (Å²) in [5.74, 6) is 0.00279. The van der Waals surface area contributed by atoms with Crippen molar-refractivity contribution in [3.63, 3.8) is 0 Å². The van der Waals surface area contributed by atoms with Crippen molar-refractivity contribution in [3.8, 4) is 11.3 Å². The molecule has 10 heteroatoms. The van der Waals surface area contributed by atoms with Gasteiger partial charge < -0.3 is 5.32 Å². The van der Waals surface area contributed by atoms with Crippen LogP contribution in [0.5, 0.6) is 0 Å². The van der Waals surface area contributed by atoms with Gasteiger partial charge in [0.25, 0.3) is 11.7 Å². The van der Waals surface area contributed by atoms with Gasteiger partial charge in [-0.3, -0.25) is 14.9 Å². The van der Waals surface area contributed by atoms with E-state index in [4.69, 9.17) is 0 Å². The Morgan fingerprint density at radius 2 is 2.14 bits per heavy atom. The number of aromatic nitrogens is 5. The molecule has 1 aliphatic heterocycles. The molecule has 5 rings (SSSR count). The maximum absolute atomic E-state index is 12.5. The number of rotatable bonds is 3. The molecule has 0 unspecified atom stereocenters. The highest BCUT2D eigenvalue weighted by Crippen LogP contribution is 2.30. The van der Waals surface area contributed by atoms with Crippen LogP contribution < -0.4 is 10.6 Å². The summed E-state index contributed by atoms with van der Waals surface area (Å²) in [7, 11) is 0. The first-order valence-corrected chi connectivity index (χ1v) is 9.83. The molecule has 0 aliphatic carbocycles. The van der Waals surface area contributed by atoms with Gasteiger partial charge in [-0.1, -0.05) is 6.07 Å². The van der Waals surface area contributed by atoms with Crippen molar-refractivity contribution in [2.45, 2.75) is 19.8 Å². The minimum absolute atomic E-state index is 0.0353. The fourth-order valence-corrected chi connectivity index (χ4v) is 3.88. The summed E-state index contributed by atoms with van der Waals surface area (Å²) in [6.07, 6.45) is 2.81. The molecule has 0 bridgehead atoms. The van der Waals surface area contributed by atoms with E-state index in [0.717, 1.165) is 28.2 Å². The Hall–Kier alpha value is -3.66. The van der Waals surface area contributed by atoms with Crippen LogP contribution in [0.15, 0.2) is 35.8 Å². The average Bonchev–Trinajstić information content (AvgIpc) is 3.35. The van der Waals surface area contributed by atoms with Gasteiger partial charge in [-0.15, -0.1) is 16.4 Å². The van der Waals surface area contributed by atoms with Crippen LogP contribution >= 0.6 is 11.3 Å². The molecule has 0 fully saturated rings. The minimum Gasteiger partial charge on any atom is -0.326 e. The van der Waals surface area contributed by atoms with Crippen LogP contribution in [0.2, 0.25) is 0 Å². The lowest BCUT2D eigenvalue weighted by Crippen LogP contribution is -2.18. The zero-order chi connectivity index (χ0) is 20.0. The van der Waals surface area contributed by atoms with Crippen LogP contribution in [0, 0.1) is 6.92 Å². The van der Waals surface area contributed by atoms with E-state index in [0.29, 0.717) is 23.8 Å². The van der Waals surface area contributed by atoms with Crippen molar-refractivity contribution in [3.05, 3.63) is 52.9 Å². The molecular formula is C19H15N7O2S. The standard InChI is InChI=1S/C19H15N7O2S/c1-10-6-7-20-18-23-16(25-26(10)18)17(28)24-19-22-14(9-29-19)12-2-4-13-11(8-12)3-5-15(27)21-13/h2,4,6-9H,3,5H2,1H3,(H,21,27)(H,22,24,28). The van der Waals surface area contributed by atoms with Crippen LogP contribution in [0.3, 0.4) is 0 Å². The molecule has 0 atom stereocenters. The number of aryl methyl sites for hydroxylation is 2. The van der Waals surface area contributed by atoms with Gasteiger partial charge in [-0.25, -0.2) is 14.5 Å². The van der Waals surface area contributed by atoms with Crippen LogP contribution in [0.4, 0.5) is 10.8 Å². The summed E-state index contributed by atoms with van der Waals surface area (Å²) in [5.41, 5.74) is 4.45. The van der Waals surface area contributed by atoms with Crippen molar-refractivity contribution in [1.29, 1.82) is 0 Å². The molecule has 1 aromatic carbocycles. The monoisotopic (exact) mass is 405 g/mol. The maximum atomic E-state index is 12.5. The molecule has 29 heavy (non-hydrogen) atoms. The second kappa shape index (κ2) is 6.74. The summed E-state index contributed by atoms with van der Waals surface area (Å²) in [6.45, 7) is 1.86. The highest BCUT2D eigenvalue weighted by molar-refractivity contribution is 7.14. The molecule has 144 valence electrons. The molecule has 9 nitrogen and oxygen atoms in total. The Labute approximate surface area is 168 Å². The van der Waals surface area contributed by atoms with Crippen molar-refractivity contribution < 1.29 is 9.59 Å². The predicted octanol–water partition coefficient (Wildman–Crippen LogP) is 2.69. The molecule has 2 amide bonds. The molecule has 1 aliphatic rings. The lowest BCUT2D eigenvalue weighted by atomic mass is 9.99. The number of hydrogen-bond donors (Lipinski definition) is 2. The van der Waals surface area contributed by atoms with E-state index >= 15 is 0 Å². The Bertz CT molecular complexity index is 1280. The number of hydrogen-bond acceptors (Lipinski definition) is 7. The third kappa shape index (κ3) is 3.23. The van der Waals surface area contributed by atoms with Gasteiger partial charge in [0.05, 0.1) is 5.69 Å². The first-order chi connectivity index (χ1) is 14.1. The van der Waals surface area contributed by atoms with E-state index in [1.807, 2.05) is 30.5 Å². The van der Waals surface area contributed by atoms with Gasteiger partial charge in [0.15, 0.2) is 5.13 Å². The van der Waals surface area contributed by atoms with Gasteiger partial charge in [-0.05, 0) is 37.1 Å². The van der Waals surface area contributed by atoms with Gasteiger partial charge >= 0.3 is 0 Å². The first-order valence-electron chi connectivity index (χ1n) is 8.95. The molecule has 0 saturated carbocycles. The predicted molar refractivity (Wildman–Crippen MR) is 108 cm³/mol. The van der Waals surface area contributed by atoms with Gasteiger partial charge in [0.1, 0.15) is 0 Å². The Balaban J connectivity index is 1.36. The number of carbonyl (C=O) groups excluding carboxylic acids is 2. The largest absolute Gasteiger partial charge is 0.326 e. The molecular weight excluding hydrogens is 390 g/mol. The lowest BCUT2D eigenvalue weighted by molar-refractivity contribution is -0.116. The number of anilines is 2. The van der Waals surface area contributed by atoms with E-state index in [9.17, 15) is 9.59 Å². The number of thiazole rings is 1.